The van der Waals surface area contributed by atoms with Crippen LogP contribution in [0.4, 0.5) is 5.69 Å². The van der Waals surface area contributed by atoms with E-state index in [1.807, 2.05) is 0 Å². The van der Waals surface area contributed by atoms with Crippen LogP contribution in [0.1, 0.15) is 23.2 Å². The predicted octanol–water partition coefficient (Wildman–Crippen LogP) is 2.03. The molecule has 1 aliphatic rings. The molecule has 1 atom stereocenters. The molecule has 0 spiro atoms. The minimum absolute atomic E-state index is 0.0310. The zero-order valence-corrected chi connectivity index (χ0v) is 11.7. The molecule has 5 nitrogen and oxygen atoms in total. The fourth-order valence-corrected chi connectivity index (χ4v) is 4.05. The molecule has 19 heavy (non-hydrogen) atoms. The Morgan fingerprint density at radius 3 is 2.74 bits per heavy atom. The first-order valence-corrected chi connectivity index (χ1v) is 8.07. The Hall–Kier alpha value is -1.27. The Morgan fingerprint density at radius 1 is 1.42 bits per heavy atom. The quantitative estimate of drug-likeness (QED) is 0.892. The zero-order chi connectivity index (χ0) is 14.0. The lowest BCUT2D eigenvalue weighted by atomic mass is 10.1. The Morgan fingerprint density at radius 2 is 2.16 bits per heavy atom. The Bertz CT molecular complexity index is 600. The highest BCUT2D eigenvalue weighted by atomic mass is 35.5. The van der Waals surface area contributed by atoms with Crippen LogP contribution < -0.4 is 5.32 Å². The van der Waals surface area contributed by atoms with Gasteiger partial charge in [-0.1, -0.05) is 11.6 Å². The summed E-state index contributed by atoms with van der Waals surface area (Å²) in [6.45, 7) is 0. The van der Waals surface area contributed by atoms with Crippen molar-refractivity contribution in [2.24, 2.45) is 0 Å². The maximum absolute atomic E-state index is 11.5. The van der Waals surface area contributed by atoms with Gasteiger partial charge >= 0.3 is 5.97 Å². The molecule has 1 fully saturated rings. The summed E-state index contributed by atoms with van der Waals surface area (Å²) in [5.74, 6) is -0.744. The molecule has 0 aliphatic carbocycles. The van der Waals surface area contributed by atoms with Gasteiger partial charge in [-0.05, 0) is 31.0 Å². The minimum Gasteiger partial charge on any atom is -0.478 e. The van der Waals surface area contributed by atoms with E-state index in [0.29, 0.717) is 12.1 Å². The van der Waals surface area contributed by atoms with Gasteiger partial charge in [-0.15, -0.1) is 0 Å². The molecule has 0 bridgehead atoms. The fourth-order valence-electron chi connectivity index (χ4n) is 2.15. The first kappa shape index (κ1) is 14.1. The number of hydrogen-bond acceptors (Lipinski definition) is 4. The van der Waals surface area contributed by atoms with E-state index in [9.17, 15) is 13.2 Å². The molecular formula is C12H14ClNO4S. The SMILES string of the molecule is O=C(O)c1ccc(NC2CCCS(=O)(=O)C2)cc1Cl. The number of carbonyl (C=O) groups is 1. The third kappa shape index (κ3) is 3.61. The van der Waals surface area contributed by atoms with Crippen molar-refractivity contribution in [3.8, 4) is 0 Å². The minimum atomic E-state index is -2.97. The molecule has 0 radical (unpaired) electrons. The molecule has 1 heterocycles. The summed E-state index contributed by atoms with van der Waals surface area (Å²) in [4.78, 5) is 10.8. The van der Waals surface area contributed by atoms with Crippen molar-refractivity contribution in [1.82, 2.24) is 0 Å². The summed E-state index contributed by atoms with van der Waals surface area (Å²) in [6, 6.07) is 4.36. The Labute approximate surface area is 116 Å². The van der Waals surface area contributed by atoms with Gasteiger partial charge in [-0.3, -0.25) is 0 Å². The van der Waals surface area contributed by atoms with E-state index < -0.39 is 15.8 Å². The van der Waals surface area contributed by atoms with Gasteiger partial charge in [0.1, 0.15) is 0 Å². The summed E-state index contributed by atoms with van der Waals surface area (Å²) in [5, 5.41) is 12.1. The molecule has 1 aliphatic heterocycles. The number of halogens is 1. The van der Waals surface area contributed by atoms with Gasteiger partial charge in [0.05, 0.1) is 22.1 Å². The van der Waals surface area contributed by atoms with Crippen molar-refractivity contribution in [3.05, 3.63) is 28.8 Å². The monoisotopic (exact) mass is 303 g/mol. The lowest BCUT2D eigenvalue weighted by Crippen LogP contribution is -2.34. The molecule has 2 rings (SSSR count). The number of rotatable bonds is 3. The molecule has 1 aromatic rings. The van der Waals surface area contributed by atoms with Crippen molar-refractivity contribution in [1.29, 1.82) is 0 Å². The second kappa shape index (κ2) is 5.38. The van der Waals surface area contributed by atoms with Crippen molar-refractivity contribution in [2.45, 2.75) is 18.9 Å². The van der Waals surface area contributed by atoms with Gasteiger partial charge in [-0.2, -0.15) is 0 Å². The number of carboxylic acid groups (broad SMARTS) is 1. The summed E-state index contributed by atoms with van der Waals surface area (Å²) >= 11 is 5.86. The third-order valence-electron chi connectivity index (χ3n) is 3.03. The van der Waals surface area contributed by atoms with Crippen LogP contribution in [0.2, 0.25) is 5.02 Å². The molecule has 1 unspecified atom stereocenters. The largest absolute Gasteiger partial charge is 0.478 e. The van der Waals surface area contributed by atoms with E-state index in [1.54, 1.807) is 6.07 Å². The van der Waals surface area contributed by atoms with Crippen LogP contribution in [0.25, 0.3) is 0 Å². The van der Waals surface area contributed by atoms with Crippen molar-refractivity contribution in [2.75, 3.05) is 16.8 Å². The van der Waals surface area contributed by atoms with Gasteiger partial charge in [-0.25, -0.2) is 13.2 Å². The Balaban J connectivity index is 2.11. The van der Waals surface area contributed by atoms with E-state index >= 15 is 0 Å². The lowest BCUT2D eigenvalue weighted by Gasteiger charge is -2.24. The topological polar surface area (TPSA) is 83.5 Å². The molecule has 0 amide bonds. The summed E-state index contributed by atoms with van der Waals surface area (Å²) < 4.78 is 23.0. The van der Waals surface area contributed by atoms with Crippen LogP contribution in [-0.2, 0) is 9.84 Å². The highest BCUT2D eigenvalue weighted by molar-refractivity contribution is 7.91. The number of sulfone groups is 1. The fraction of sp³-hybridized carbons (Fsp3) is 0.417. The number of carboxylic acids is 1. The van der Waals surface area contributed by atoms with Crippen molar-refractivity contribution < 1.29 is 18.3 Å². The lowest BCUT2D eigenvalue weighted by molar-refractivity contribution is 0.0697. The predicted molar refractivity (Wildman–Crippen MR) is 73.7 cm³/mol. The van der Waals surface area contributed by atoms with Gasteiger partial charge in [0.2, 0.25) is 0 Å². The molecule has 1 aromatic carbocycles. The number of benzene rings is 1. The average Bonchev–Trinajstić information content (AvgIpc) is 2.27. The molecule has 104 valence electrons. The van der Waals surface area contributed by atoms with Crippen LogP contribution in [-0.4, -0.2) is 37.0 Å². The normalized spacial score (nSPS) is 21.8. The van der Waals surface area contributed by atoms with Crippen LogP contribution in [0.3, 0.4) is 0 Å². The molecular weight excluding hydrogens is 290 g/mol. The average molecular weight is 304 g/mol. The van der Waals surface area contributed by atoms with E-state index in [0.717, 1.165) is 6.42 Å². The number of anilines is 1. The molecule has 2 N–H and O–H groups in total. The molecule has 0 saturated carbocycles. The van der Waals surface area contributed by atoms with Crippen molar-refractivity contribution in [3.63, 3.8) is 0 Å². The maximum atomic E-state index is 11.5. The molecule has 1 saturated heterocycles. The van der Waals surface area contributed by atoms with Gasteiger partial charge in [0.15, 0.2) is 9.84 Å². The maximum Gasteiger partial charge on any atom is 0.337 e. The summed E-state index contributed by atoms with van der Waals surface area (Å²) in [7, 11) is -2.97. The van der Waals surface area contributed by atoms with E-state index in [-0.39, 0.29) is 28.1 Å². The highest BCUT2D eigenvalue weighted by Gasteiger charge is 2.24. The first-order valence-electron chi connectivity index (χ1n) is 5.87. The first-order chi connectivity index (χ1) is 8.87. The van der Waals surface area contributed by atoms with Crippen LogP contribution in [0.5, 0.6) is 0 Å². The number of hydrogen-bond donors (Lipinski definition) is 2. The van der Waals surface area contributed by atoms with Gasteiger partial charge < -0.3 is 10.4 Å². The number of aromatic carboxylic acids is 1. The summed E-state index contributed by atoms with van der Waals surface area (Å²) in [5.41, 5.74) is 0.667. The second-order valence-corrected chi connectivity index (χ2v) is 7.23. The standard InChI is InChI=1S/C12H14ClNO4S/c13-11-6-8(3-4-10(11)12(15)16)14-9-2-1-5-19(17,18)7-9/h3-4,6,9,14H,1-2,5,7H2,(H,15,16). The van der Waals surface area contributed by atoms with E-state index in [1.165, 1.54) is 12.1 Å². The van der Waals surface area contributed by atoms with Crippen LogP contribution in [0, 0.1) is 0 Å². The molecule has 7 heteroatoms. The zero-order valence-electron chi connectivity index (χ0n) is 10.1. The van der Waals surface area contributed by atoms with E-state index in [4.69, 9.17) is 16.7 Å². The third-order valence-corrected chi connectivity index (χ3v) is 5.17. The number of nitrogens with one attached hydrogen (secondary N) is 1. The van der Waals surface area contributed by atoms with Crippen LogP contribution >= 0.6 is 11.6 Å². The van der Waals surface area contributed by atoms with Crippen LogP contribution in [0.15, 0.2) is 18.2 Å². The molecule has 0 aromatic heterocycles. The highest BCUT2D eigenvalue weighted by Crippen LogP contribution is 2.23. The van der Waals surface area contributed by atoms with Crippen molar-refractivity contribution >= 4 is 33.1 Å². The Kier molecular flexibility index (Phi) is 4.01. The van der Waals surface area contributed by atoms with Gasteiger partial charge in [0.25, 0.3) is 0 Å². The van der Waals surface area contributed by atoms with E-state index in [2.05, 4.69) is 5.32 Å². The van der Waals surface area contributed by atoms with Gasteiger partial charge in [0, 0.05) is 11.7 Å². The summed E-state index contributed by atoms with van der Waals surface area (Å²) in [6.07, 6.45) is 1.42. The second-order valence-electron chi connectivity index (χ2n) is 4.60. The smallest absolute Gasteiger partial charge is 0.337 e.